The molecular formula is C23H21ClF2N8O3. The second-order valence-electron chi connectivity index (χ2n) is 8.52. The zero-order valence-corrected chi connectivity index (χ0v) is 20.0. The molecule has 0 spiro atoms. The number of nitrogens with zero attached hydrogens (tertiary/aromatic N) is 5. The van der Waals surface area contributed by atoms with Gasteiger partial charge in [-0.15, -0.1) is 0 Å². The molecule has 37 heavy (non-hydrogen) atoms. The number of halogens is 3. The molecule has 192 valence electrons. The van der Waals surface area contributed by atoms with Gasteiger partial charge in [0.1, 0.15) is 17.5 Å². The predicted molar refractivity (Wildman–Crippen MR) is 132 cm³/mol. The minimum absolute atomic E-state index is 0.106. The molecule has 14 heteroatoms. The van der Waals surface area contributed by atoms with Gasteiger partial charge in [-0.3, -0.25) is 9.36 Å². The number of hydrogen-bond donors (Lipinski definition) is 3. The Morgan fingerprint density at radius 3 is 2.73 bits per heavy atom. The number of amides is 4. The number of benzene rings is 2. The predicted octanol–water partition coefficient (Wildman–Crippen LogP) is 4.30. The van der Waals surface area contributed by atoms with Crippen LogP contribution in [0.4, 0.5) is 24.1 Å². The van der Waals surface area contributed by atoms with E-state index in [-0.39, 0.29) is 22.8 Å². The molecule has 4 amide bonds. The van der Waals surface area contributed by atoms with E-state index in [2.05, 4.69) is 20.7 Å². The Morgan fingerprint density at radius 1 is 1.24 bits per heavy atom. The van der Waals surface area contributed by atoms with E-state index in [1.54, 1.807) is 24.3 Å². The number of nitrogens with one attached hydrogen (secondary N) is 2. The van der Waals surface area contributed by atoms with Crippen molar-refractivity contribution >= 4 is 46.2 Å². The summed E-state index contributed by atoms with van der Waals surface area (Å²) in [5.41, 5.74) is 12.6. The maximum absolute atomic E-state index is 15.5. The summed E-state index contributed by atoms with van der Waals surface area (Å²) in [5, 5.41) is 8.75. The number of para-hydroxylation sites is 1. The zero-order valence-electron chi connectivity index (χ0n) is 19.2. The summed E-state index contributed by atoms with van der Waals surface area (Å²) < 4.78 is 30.9. The Kier molecular flexibility index (Phi) is 7.18. The van der Waals surface area contributed by atoms with Crippen LogP contribution in [-0.2, 0) is 11.3 Å². The van der Waals surface area contributed by atoms with E-state index in [1.807, 2.05) is 0 Å². The lowest BCUT2D eigenvalue weighted by Crippen LogP contribution is -2.47. The smallest absolute Gasteiger partial charge is 0.323 e. The number of azide groups is 1. The number of alkyl halides is 1. The van der Waals surface area contributed by atoms with Gasteiger partial charge in [0.2, 0.25) is 5.91 Å². The molecule has 1 aliphatic rings. The normalized spacial score (nSPS) is 18.9. The third-order valence-electron chi connectivity index (χ3n) is 6.05. The van der Waals surface area contributed by atoms with Gasteiger partial charge >= 0.3 is 12.1 Å². The average molecular weight is 531 g/mol. The van der Waals surface area contributed by atoms with Gasteiger partial charge < -0.3 is 21.3 Å². The van der Waals surface area contributed by atoms with Gasteiger partial charge in [-0.25, -0.2) is 18.4 Å². The lowest BCUT2D eigenvalue weighted by Gasteiger charge is -2.24. The summed E-state index contributed by atoms with van der Waals surface area (Å²) in [7, 11) is 0. The van der Waals surface area contributed by atoms with E-state index in [9.17, 15) is 18.8 Å². The Balaban J connectivity index is 1.58. The quantitative estimate of drug-likeness (QED) is 0.247. The molecule has 4 rings (SSSR count). The molecule has 0 unspecified atom stereocenters. The Hall–Kier alpha value is -4.35. The zero-order chi connectivity index (χ0) is 26.7. The second kappa shape index (κ2) is 10.3. The summed E-state index contributed by atoms with van der Waals surface area (Å²) in [5.74, 6) is -1.45. The molecular weight excluding hydrogens is 510 g/mol. The van der Waals surface area contributed by atoms with E-state index in [1.165, 1.54) is 24.4 Å². The first-order valence-corrected chi connectivity index (χ1v) is 11.4. The first-order chi connectivity index (χ1) is 17.6. The number of fused-ring (bicyclic) bond motifs is 1. The minimum atomic E-state index is -2.17. The van der Waals surface area contributed by atoms with Gasteiger partial charge in [0, 0.05) is 35.0 Å². The van der Waals surface area contributed by atoms with Crippen LogP contribution in [0.25, 0.3) is 21.3 Å². The number of rotatable bonds is 6. The Labute approximate surface area is 213 Å². The summed E-state index contributed by atoms with van der Waals surface area (Å²) >= 11 is 5.78. The van der Waals surface area contributed by atoms with Crippen LogP contribution in [0.3, 0.4) is 0 Å². The van der Waals surface area contributed by atoms with Crippen molar-refractivity contribution in [3.63, 3.8) is 0 Å². The molecule has 0 aliphatic carbocycles. The molecule has 1 saturated heterocycles. The van der Waals surface area contributed by atoms with Gasteiger partial charge in [-0.2, -0.15) is 0 Å². The molecule has 3 aromatic rings. The highest BCUT2D eigenvalue weighted by Crippen LogP contribution is 2.33. The van der Waals surface area contributed by atoms with Crippen molar-refractivity contribution in [1.82, 2.24) is 14.8 Å². The van der Waals surface area contributed by atoms with Crippen molar-refractivity contribution < 1.29 is 23.2 Å². The highest BCUT2D eigenvalue weighted by Gasteiger charge is 2.49. The van der Waals surface area contributed by atoms with E-state index >= 15 is 4.39 Å². The van der Waals surface area contributed by atoms with Gasteiger partial charge in [-0.1, -0.05) is 47.0 Å². The van der Waals surface area contributed by atoms with Crippen LogP contribution in [0.15, 0.2) is 53.8 Å². The summed E-state index contributed by atoms with van der Waals surface area (Å²) in [6.45, 7) is -1.39. The van der Waals surface area contributed by atoms with Crippen LogP contribution >= 0.6 is 11.6 Å². The maximum Gasteiger partial charge on any atom is 0.323 e. The van der Waals surface area contributed by atoms with E-state index in [4.69, 9.17) is 22.9 Å². The molecule has 1 fully saturated rings. The number of anilines is 1. The van der Waals surface area contributed by atoms with E-state index in [0.29, 0.717) is 10.9 Å². The van der Waals surface area contributed by atoms with Crippen LogP contribution in [-0.4, -0.2) is 52.2 Å². The van der Waals surface area contributed by atoms with Crippen molar-refractivity contribution in [2.24, 2.45) is 10.8 Å². The van der Waals surface area contributed by atoms with Gasteiger partial charge in [-0.05, 0) is 17.7 Å². The average Bonchev–Trinajstić information content (AvgIpc) is 3.42. The van der Waals surface area contributed by atoms with Gasteiger partial charge in [0.25, 0.3) is 0 Å². The molecule has 0 bridgehead atoms. The van der Waals surface area contributed by atoms with Crippen molar-refractivity contribution in [2.75, 3.05) is 18.4 Å². The highest BCUT2D eigenvalue weighted by atomic mass is 35.5. The van der Waals surface area contributed by atoms with E-state index < -0.39 is 55.0 Å². The Morgan fingerprint density at radius 2 is 2.00 bits per heavy atom. The number of nitrogens with two attached hydrogens (primary N) is 1. The molecule has 0 saturated carbocycles. The Bertz CT molecular complexity index is 1440. The fourth-order valence-corrected chi connectivity index (χ4v) is 4.49. The molecule has 0 radical (unpaired) electrons. The fourth-order valence-electron chi connectivity index (χ4n) is 4.29. The van der Waals surface area contributed by atoms with E-state index in [0.717, 1.165) is 9.47 Å². The molecule has 4 N–H and O–H groups in total. The third-order valence-corrected chi connectivity index (χ3v) is 6.34. The van der Waals surface area contributed by atoms with Crippen molar-refractivity contribution in [3.8, 4) is 0 Å². The van der Waals surface area contributed by atoms with Crippen LogP contribution < -0.4 is 16.4 Å². The minimum Gasteiger partial charge on any atom is -0.351 e. The van der Waals surface area contributed by atoms with Crippen LogP contribution in [0.5, 0.6) is 0 Å². The van der Waals surface area contributed by atoms with Crippen LogP contribution in [0, 0.1) is 5.82 Å². The second-order valence-corrected chi connectivity index (χ2v) is 8.92. The first-order valence-electron chi connectivity index (χ1n) is 11.0. The van der Waals surface area contributed by atoms with Crippen molar-refractivity contribution in [3.05, 3.63) is 75.5 Å². The van der Waals surface area contributed by atoms with Crippen molar-refractivity contribution in [1.29, 1.82) is 0 Å². The van der Waals surface area contributed by atoms with Crippen molar-refractivity contribution in [2.45, 2.75) is 24.7 Å². The first kappa shape index (κ1) is 25.7. The summed E-state index contributed by atoms with van der Waals surface area (Å²) in [4.78, 5) is 41.6. The van der Waals surface area contributed by atoms with Crippen LogP contribution in [0.2, 0.25) is 5.02 Å². The standard InChI is InChI=1S/C23H21ClF2N8O3/c24-15-6-3-4-13(19(15)25)9-29-20(35)18-8-23(26,11-30-32-28)12-34(18)22(37)31-16-10-33(21(27)36)17-7-2-1-5-14(16)17/h1-7,10,18H,8-9,11-12H2,(H2,27,36)(H,29,35)(H,31,37)/t18-,23+/m0/s1. The number of urea groups is 1. The number of likely N-dealkylation sites (tertiary alicyclic amines) is 1. The SMILES string of the molecule is [N-]=[N+]=NC[C@]1(F)C[C@@H](C(=O)NCc2cccc(Cl)c2F)N(C(=O)Nc2cn(C(N)=O)c3ccccc23)C1. The molecule has 2 atom stereocenters. The number of carbonyl (C=O) groups excluding carboxylic acids is 3. The monoisotopic (exact) mass is 530 g/mol. The lowest BCUT2D eigenvalue weighted by atomic mass is 10.0. The topological polar surface area (TPSA) is 158 Å². The molecule has 1 aliphatic heterocycles. The highest BCUT2D eigenvalue weighted by molar-refractivity contribution is 6.30. The molecule has 11 nitrogen and oxygen atoms in total. The van der Waals surface area contributed by atoms with Crippen LogP contribution in [0.1, 0.15) is 12.0 Å². The molecule has 2 aromatic carbocycles. The largest absolute Gasteiger partial charge is 0.351 e. The summed E-state index contributed by atoms with van der Waals surface area (Å²) in [6, 6.07) is 8.04. The van der Waals surface area contributed by atoms with Gasteiger partial charge in [0.05, 0.1) is 29.3 Å². The van der Waals surface area contributed by atoms with Gasteiger partial charge in [0.15, 0.2) is 0 Å². The number of aromatic nitrogens is 1. The fraction of sp³-hybridized carbons (Fsp3) is 0.261. The summed E-state index contributed by atoms with van der Waals surface area (Å²) in [6.07, 6.45) is 0.868. The third kappa shape index (κ3) is 5.27. The lowest BCUT2D eigenvalue weighted by molar-refractivity contribution is -0.124. The number of hydrogen-bond acceptors (Lipinski definition) is 4. The number of primary amides is 1. The maximum atomic E-state index is 15.5. The number of carbonyl (C=O) groups is 3. The molecule has 2 heterocycles. The molecule has 1 aromatic heterocycles.